The van der Waals surface area contributed by atoms with Gasteiger partial charge in [-0.2, -0.15) is 0 Å². The molecule has 25 heavy (non-hydrogen) atoms. The number of benzene rings is 1. The summed E-state index contributed by atoms with van der Waals surface area (Å²) in [5.41, 5.74) is 1.91. The van der Waals surface area contributed by atoms with Crippen LogP contribution in [0.5, 0.6) is 0 Å². The Labute approximate surface area is 157 Å². The number of hydrogen-bond donors (Lipinski definition) is 1. The predicted molar refractivity (Wildman–Crippen MR) is 102 cm³/mol. The Hall–Kier alpha value is -1.46. The van der Waals surface area contributed by atoms with Crippen molar-refractivity contribution in [3.63, 3.8) is 0 Å². The summed E-state index contributed by atoms with van der Waals surface area (Å²) in [7, 11) is 0. The van der Waals surface area contributed by atoms with Crippen molar-refractivity contribution in [2.24, 2.45) is 10.9 Å². The number of aliphatic imine (C=N–C) groups is 1. The summed E-state index contributed by atoms with van der Waals surface area (Å²) in [6.45, 7) is 4.11. The van der Waals surface area contributed by atoms with Gasteiger partial charge in [-0.15, -0.1) is 0 Å². The van der Waals surface area contributed by atoms with Gasteiger partial charge < -0.3 is 10.0 Å². The minimum Gasteiger partial charge on any atom is -0.477 e. The van der Waals surface area contributed by atoms with E-state index in [2.05, 4.69) is 30.9 Å². The minimum atomic E-state index is -0.860. The van der Waals surface area contributed by atoms with E-state index < -0.39 is 5.97 Å². The molecule has 1 N–H and O–H groups in total. The minimum absolute atomic E-state index is 0.0593. The molecule has 132 valence electrons. The Morgan fingerprint density at radius 3 is 2.52 bits per heavy atom. The quantitative estimate of drug-likeness (QED) is 0.800. The molecule has 1 atom stereocenters. The topological polar surface area (TPSA) is 52.9 Å². The SMILES string of the molecule is CC(C)C1=C(C(=O)O)SC2=NC3(CCCC3)C(c3ccc(Cl)cc3)N21. The lowest BCUT2D eigenvalue weighted by Gasteiger charge is -2.36. The second-order valence-electron chi connectivity index (χ2n) is 7.31. The molecule has 1 saturated carbocycles. The van der Waals surface area contributed by atoms with E-state index >= 15 is 0 Å². The van der Waals surface area contributed by atoms with Crippen LogP contribution in [-0.4, -0.2) is 26.7 Å². The molecule has 2 aliphatic heterocycles. The molecule has 0 amide bonds. The number of rotatable bonds is 3. The van der Waals surface area contributed by atoms with E-state index in [1.165, 1.54) is 24.6 Å². The lowest BCUT2D eigenvalue weighted by Crippen LogP contribution is -2.37. The molecule has 0 saturated heterocycles. The molecule has 1 aromatic carbocycles. The summed E-state index contributed by atoms with van der Waals surface area (Å²) in [5, 5.41) is 11.2. The molecule has 1 aliphatic carbocycles. The zero-order valence-corrected chi connectivity index (χ0v) is 15.9. The molecule has 6 heteroatoms. The molecule has 1 spiro atoms. The molecule has 2 heterocycles. The first kappa shape index (κ1) is 17.0. The molecule has 0 radical (unpaired) electrons. The van der Waals surface area contributed by atoms with Gasteiger partial charge >= 0.3 is 5.97 Å². The molecular weight excluding hydrogens is 356 g/mol. The van der Waals surface area contributed by atoms with Crippen LogP contribution in [0.15, 0.2) is 39.9 Å². The first-order valence-corrected chi connectivity index (χ1v) is 9.92. The fourth-order valence-corrected chi connectivity index (χ4v) is 5.76. The van der Waals surface area contributed by atoms with E-state index in [0.29, 0.717) is 9.93 Å². The molecule has 1 fully saturated rings. The van der Waals surface area contributed by atoms with E-state index in [1.54, 1.807) is 0 Å². The summed E-state index contributed by atoms with van der Waals surface area (Å²) in [6, 6.07) is 8.01. The standard InChI is InChI=1S/C19H21ClN2O2S/c1-11(2)14-15(17(23)24)25-18-21-19(9-3-4-10-19)16(22(14)18)12-5-7-13(20)8-6-12/h5-8,11,16H,3-4,9-10H2,1-2H3,(H,23,24). The highest BCUT2D eigenvalue weighted by Gasteiger charge is 2.55. The van der Waals surface area contributed by atoms with Crippen LogP contribution < -0.4 is 0 Å². The van der Waals surface area contributed by atoms with Gasteiger partial charge in [0.1, 0.15) is 4.91 Å². The van der Waals surface area contributed by atoms with E-state index in [4.69, 9.17) is 16.6 Å². The first-order valence-electron chi connectivity index (χ1n) is 8.73. The largest absolute Gasteiger partial charge is 0.477 e. The number of hydrogen-bond acceptors (Lipinski definition) is 4. The first-order chi connectivity index (χ1) is 11.9. The highest BCUT2D eigenvalue weighted by molar-refractivity contribution is 8.18. The van der Waals surface area contributed by atoms with Crippen molar-refractivity contribution in [3.05, 3.63) is 45.5 Å². The second-order valence-corrected chi connectivity index (χ2v) is 8.72. The molecule has 3 aliphatic rings. The number of thioether (sulfide) groups is 1. The van der Waals surface area contributed by atoms with E-state index in [1.807, 2.05) is 12.1 Å². The molecule has 4 rings (SSSR count). The maximum atomic E-state index is 11.8. The average Bonchev–Trinajstić information content (AvgIpc) is 3.23. The summed E-state index contributed by atoms with van der Waals surface area (Å²) >= 11 is 7.41. The second kappa shape index (κ2) is 6.06. The normalized spacial score (nSPS) is 24.4. The van der Waals surface area contributed by atoms with Gasteiger partial charge in [0.15, 0.2) is 5.17 Å². The van der Waals surface area contributed by atoms with Gasteiger partial charge in [0.25, 0.3) is 0 Å². The van der Waals surface area contributed by atoms with E-state index in [0.717, 1.165) is 29.3 Å². The smallest absolute Gasteiger partial charge is 0.344 e. The van der Waals surface area contributed by atoms with Gasteiger partial charge in [0.05, 0.1) is 11.6 Å². The molecule has 0 aromatic heterocycles. The van der Waals surface area contributed by atoms with Crippen LogP contribution in [0.2, 0.25) is 5.02 Å². The Balaban J connectivity index is 1.86. The third-order valence-corrected chi connectivity index (χ3v) is 6.68. The predicted octanol–water partition coefficient (Wildman–Crippen LogP) is 5.06. The van der Waals surface area contributed by atoms with Crippen LogP contribution >= 0.6 is 23.4 Å². The maximum absolute atomic E-state index is 11.8. The summed E-state index contributed by atoms with van der Waals surface area (Å²) < 4.78 is 0. The zero-order chi connectivity index (χ0) is 17.8. The lowest BCUT2D eigenvalue weighted by atomic mass is 9.83. The number of allylic oxidation sites excluding steroid dienone is 1. The molecule has 1 unspecified atom stereocenters. The Morgan fingerprint density at radius 1 is 1.32 bits per heavy atom. The zero-order valence-electron chi connectivity index (χ0n) is 14.3. The highest BCUT2D eigenvalue weighted by atomic mass is 35.5. The molecule has 1 aromatic rings. The van der Waals surface area contributed by atoms with Crippen molar-refractivity contribution in [1.82, 2.24) is 4.90 Å². The number of fused-ring (bicyclic) bond motifs is 1. The highest BCUT2D eigenvalue weighted by Crippen LogP contribution is 2.57. The number of amidine groups is 1. The van der Waals surface area contributed by atoms with Crippen molar-refractivity contribution in [1.29, 1.82) is 0 Å². The van der Waals surface area contributed by atoms with Gasteiger partial charge in [0.2, 0.25) is 0 Å². The number of halogens is 1. The Bertz CT molecular complexity index is 779. The van der Waals surface area contributed by atoms with Gasteiger partial charge in [-0.1, -0.05) is 50.4 Å². The van der Waals surface area contributed by atoms with Gasteiger partial charge in [-0.3, -0.25) is 4.99 Å². The number of carbonyl (C=O) groups is 1. The van der Waals surface area contributed by atoms with Crippen molar-refractivity contribution < 1.29 is 9.90 Å². The monoisotopic (exact) mass is 376 g/mol. The summed E-state index contributed by atoms with van der Waals surface area (Å²) in [5.74, 6) is -0.737. The summed E-state index contributed by atoms with van der Waals surface area (Å²) in [6.07, 6.45) is 4.45. The van der Waals surface area contributed by atoms with Gasteiger partial charge in [0, 0.05) is 10.7 Å². The molecular formula is C19H21ClN2O2S. The van der Waals surface area contributed by atoms with Crippen LogP contribution in [0.1, 0.15) is 51.1 Å². The van der Waals surface area contributed by atoms with Gasteiger partial charge in [-0.05, 0) is 48.2 Å². The number of carboxylic acids is 1. The number of aliphatic carboxylic acids is 1. The number of carboxylic acid groups (broad SMARTS) is 1. The van der Waals surface area contributed by atoms with Crippen LogP contribution in [0, 0.1) is 5.92 Å². The van der Waals surface area contributed by atoms with E-state index in [-0.39, 0.29) is 17.5 Å². The third kappa shape index (κ3) is 2.59. The molecule has 0 bridgehead atoms. The Morgan fingerprint density at radius 2 is 1.96 bits per heavy atom. The fraction of sp³-hybridized carbons (Fsp3) is 0.474. The lowest BCUT2D eigenvalue weighted by molar-refractivity contribution is -0.131. The summed E-state index contributed by atoms with van der Waals surface area (Å²) in [4.78, 5) is 19.5. The van der Waals surface area contributed by atoms with Gasteiger partial charge in [-0.25, -0.2) is 4.79 Å². The van der Waals surface area contributed by atoms with Crippen molar-refractivity contribution in [2.75, 3.05) is 0 Å². The van der Waals surface area contributed by atoms with Crippen molar-refractivity contribution >= 4 is 34.5 Å². The third-order valence-electron chi connectivity index (χ3n) is 5.37. The van der Waals surface area contributed by atoms with Crippen LogP contribution in [0.3, 0.4) is 0 Å². The fourth-order valence-electron chi connectivity index (χ4n) is 4.39. The Kier molecular flexibility index (Phi) is 4.12. The van der Waals surface area contributed by atoms with Crippen molar-refractivity contribution in [3.8, 4) is 0 Å². The average molecular weight is 377 g/mol. The molecule has 4 nitrogen and oxygen atoms in total. The van der Waals surface area contributed by atoms with Crippen LogP contribution in [0.4, 0.5) is 0 Å². The van der Waals surface area contributed by atoms with E-state index in [9.17, 15) is 9.90 Å². The maximum Gasteiger partial charge on any atom is 0.344 e. The van der Waals surface area contributed by atoms with Crippen LogP contribution in [-0.2, 0) is 4.79 Å². The van der Waals surface area contributed by atoms with Crippen LogP contribution in [0.25, 0.3) is 0 Å². The van der Waals surface area contributed by atoms with Crippen molar-refractivity contribution in [2.45, 2.75) is 51.1 Å². The number of nitrogens with zero attached hydrogens (tertiary/aromatic N) is 2.